The first-order valence-corrected chi connectivity index (χ1v) is 6.67. The van der Waals surface area contributed by atoms with Crippen LogP contribution >= 0.6 is 0 Å². The number of nitrogens with one attached hydrogen (secondary N) is 1. The maximum atomic E-state index is 4.68. The second-order valence-corrected chi connectivity index (χ2v) is 4.66. The smallest absolute Gasteiger partial charge is 0.134 e. The van der Waals surface area contributed by atoms with Gasteiger partial charge in [0.15, 0.2) is 0 Å². The van der Waals surface area contributed by atoms with Crippen LogP contribution in [0.3, 0.4) is 0 Å². The van der Waals surface area contributed by atoms with Crippen molar-refractivity contribution in [1.82, 2.24) is 4.98 Å². The molecule has 2 aromatic carbocycles. The predicted molar refractivity (Wildman–Crippen MR) is 85.6 cm³/mol. The molecule has 0 bridgehead atoms. The van der Waals surface area contributed by atoms with Gasteiger partial charge in [0.2, 0.25) is 0 Å². The van der Waals surface area contributed by atoms with Crippen LogP contribution in [0.25, 0.3) is 17.0 Å². The fraction of sp³-hybridized carbons (Fsp3) is 0.0556. The zero-order valence-electron chi connectivity index (χ0n) is 11.2. The minimum Gasteiger partial charge on any atom is -0.365 e. The summed E-state index contributed by atoms with van der Waals surface area (Å²) < 4.78 is 0. The first-order chi connectivity index (χ1) is 9.86. The predicted octanol–water partition coefficient (Wildman–Crippen LogP) is 4.49. The molecular formula is C18H16N2. The normalized spacial score (nSPS) is 10.4. The van der Waals surface area contributed by atoms with E-state index in [-0.39, 0.29) is 0 Å². The van der Waals surface area contributed by atoms with Gasteiger partial charge in [0.05, 0.1) is 5.52 Å². The van der Waals surface area contributed by atoms with Gasteiger partial charge in [0, 0.05) is 17.5 Å². The van der Waals surface area contributed by atoms with Gasteiger partial charge in [-0.05, 0) is 17.7 Å². The van der Waals surface area contributed by atoms with Gasteiger partial charge in [0.1, 0.15) is 5.82 Å². The van der Waals surface area contributed by atoms with E-state index < -0.39 is 0 Å². The van der Waals surface area contributed by atoms with Gasteiger partial charge in [-0.15, -0.1) is 0 Å². The molecule has 3 aromatic rings. The highest BCUT2D eigenvalue weighted by molar-refractivity contribution is 5.84. The molecule has 0 spiro atoms. The largest absolute Gasteiger partial charge is 0.365 e. The third-order valence-corrected chi connectivity index (χ3v) is 3.28. The van der Waals surface area contributed by atoms with Crippen LogP contribution in [0.15, 0.2) is 67.2 Å². The van der Waals surface area contributed by atoms with Crippen LogP contribution in [0.1, 0.15) is 11.1 Å². The van der Waals surface area contributed by atoms with E-state index >= 15 is 0 Å². The maximum absolute atomic E-state index is 4.68. The Morgan fingerprint density at radius 3 is 2.55 bits per heavy atom. The summed E-state index contributed by atoms with van der Waals surface area (Å²) in [5.41, 5.74) is 3.26. The lowest BCUT2D eigenvalue weighted by molar-refractivity contribution is 1.12. The van der Waals surface area contributed by atoms with Crippen LogP contribution in [0, 0.1) is 0 Å². The number of pyridine rings is 1. The minimum atomic E-state index is 0.757. The average molecular weight is 260 g/mol. The van der Waals surface area contributed by atoms with Gasteiger partial charge in [-0.2, -0.15) is 0 Å². The van der Waals surface area contributed by atoms with E-state index in [2.05, 4.69) is 41.1 Å². The molecule has 0 saturated heterocycles. The van der Waals surface area contributed by atoms with Crippen LogP contribution in [-0.4, -0.2) is 4.98 Å². The van der Waals surface area contributed by atoms with E-state index in [4.69, 9.17) is 0 Å². The van der Waals surface area contributed by atoms with Gasteiger partial charge < -0.3 is 5.32 Å². The second-order valence-electron chi connectivity index (χ2n) is 4.66. The maximum Gasteiger partial charge on any atom is 0.134 e. The summed E-state index contributed by atoms with van der Waals surface area (Å²) >= 11 is 0. The van der Waals surface area contributed by atoms with Crippen molar-refractivity contribution in [2.24, 2.45) is 0 Å². The second kappa shape index (κ2) is 5.57. The highest BCUT2D eigenvalue weighted by atomic mass is 15.0. The molecule has 1 heterocycles. The Labute approximate surface area is 118 Å². The number of aromatic nitrogens is 1. The van der Waals surface area contributed by atoms with Crippen LogP contribution in [0.5, 0.6) is 0 Å². The van der Waals surface area contributed by atoms with E-state index in [9.17, 15) is 0 Å². The lowest BCUT2D eigenvalue weighted by atomic mass is 10.1. The zero-order valence-corrected chi connectivity index (χ0v) is 11.2. The van der Waals surface area contributed by atoms with Gasteiger partial charge in [-0.25, -0.2) is 4.98 Å². The first kappa shape index (κ1) is 12.4. The highest BCUT2D eigenvalue weighted by Gasteiger charge is 2.04. The molecule has 0 atom stereocenters. The van der Waals surface area contributed by atoms with Crippen molar-refractivity contribution < 1.29 is 0 Å². The third-order valence-electron chi connectivity index (χ3n) is 3.28. The molecular weight excluding hydrogens is 244 g/mol. The third kappa shape index (κ3) is 2.54. The summed E-state index contributed by atoms with van der Waals surface area (Å²) in [6, 6.07) is 20.5. The number of hydrogen-bond acceptors (Lipinski definition) is 2. The van der Waals surface area contributed by atoms with E-state index in [0.717, 1.165) is 28.8 Å². The summed E-state index contributed by atoms with van der Waals surface area (Å²) in [6.45, 7) is 4.63. The molecule has 2 nitrogen and oxygen atoms in total. The molecule has 0 aliphatic carbocycles. The molecule has 98 valence electrons. The standard InChI is InChI=1S/C18H16N2/c1-2-15-12-16-10-6-7-11-17(16)20-18(15)19-13-14-8-4-3-5-9-14/h2-12H,1,13H2,(H,19,20). The van der Waals surface area contributed by atoms with E-state index in [0.29, 0.717) is 0 Å². The first-order valence-electron chi connectivity index (χ1n) is 6.67. The van der Waals surface area contributed by atoms with Crippen molar-refractivity contribution >= 4 is 22.8 Å². The van der Waals surface area contributed by atoms with Crippen LogP contribution in [-0.2, 0) is 6.54 Å². The van der Waals surface area contributed by atoms with Gasteiger partial charge >= 0.3 is 0 Å². The molecule has 20 heavy (non-hydrogen) atoms. The van der Waals surface area contributed by atoms with Crippen LogP contribution in [0.2, 0.25) is 0 Å². The Hall–Kier alpha value is -2.61. The molecule has 0 radical (unpaired) electrons. The fourth-order valence-corrected chi connectivity index (χ4v) is 2.21. The summed E-state index contributed by atoms with van der Waals surface area (Å²) in [5, 5.41) is 4.52. The Balaban J connectivity index is 1.92. The lowest BCUT2D eigenvalue weighted by Crippen LogP contribution is -2.03. The molecule has 0 amide bonds. The van der Waals surface area contributed by atoms with Gasteiger partial charge in [0.25, 0.3) is 0 Å². The summed E-state index contributed by atoms with van der Waals surface area (Å²) in [6.07, 6.45) is 1.84. The highest BCUT2D eigenvalue weighted by Crippen LogP contribution is 2.21. The van der Waals surface area contributed by atoms with Crippen molar-refractivity contribution in [2.75, 3.05) is 5.32 Å². The monoisotopic (exact) mass is 260 g/mol. The molecule has 0 aliphatic rings. The van der Waals surface area contributed by atoms with Crippen LogP contribution < -0.4 is 5.32 Å². The van der Waals surface area contributed by atoms with Gasteiger partial charge in [-0.3, -0.25) is 0 Å². The Kier molecular flexibility index (Phi) is 3.46. The molecule has 0 aliphatic heterocycles. The number of para-hydroxylation sites is 1. The molecule has 1 aromatic heterocycles. The van der Waals surface area contributed by atoms with E-state index in [1.807, 2.05) is 42.5 Å². The molecule has 0 fully saturated rings. The minimum absolute atomic E-state index is 0.757. The summed E-state index contributed by atoms with van der Waals surface area (Å²) in [4.78, 5) is 4.68. The van der Waals surface area contributed by atoms with Crippen LogP contribution in [0.4, 0.5) is 5.82 Å². The van der Waals surface area contributed by atoms with E-state index in [1.54, 1.807) is 0 Å². The molecule has 1 N–H and O–H groups in total. The average Bonchev–Trinajstić information content (AvgIpc) is 2.53. The SMILES string of the molecule is C=Cc1cc2ccccc2nc1NCc1ccccc1. The Morgan fingerprint density at radius 2 is 1.75 bits per heavy atom. The molecule has 3 rings (SSSR count). The Morgan fingerprint density at radius 1 is 1.00 bits per heavy atom. The fourth-order valence-electron chi connectivity index (χ4n) is 2.21. The molecule has 0 saturated carbocycles. The number of hydrogen-bond donors (Lipinski definition) is 1. The number of anilines is 1. The van der Waals surface area contributed by atoms with Crippen molar-refractivity contribution in [2.45, 2.75) is 6.54 Å². The summed E-state index contributed by atoms with van der Waals surface area (Å²) in [7, 11) is 0. The van der Waals surface area contributed by atoms with Crippen molar-refractivity contribution in [3.05, 3.63) is 78.4 Å². The number of fused-ring (bicyclic) bond motifs is 1. The summed E-state index contributed by atoms with van der Waals surface area (Å²) in [5.74, 6) is 0.877. The van der Waals surface area contributed by atoms with E-state index in [1.165, 1.54) is 5.56 Å². The number of rotatable bonds is 4. The zero-order chi connectivity index (χ0) is 13.8. The van der Waals surface area contributed by atoms with Crippen molar-refractivity contribution in [1.29, 1.82) is 0 Å². The molecule has 2 heteroatoms. The topological polar surface area (TPSA) is 24.9 Å². The van der Waals surface area contributed by atoms with Gasteiger partial charge in [-0.1, -0.05) is 61.2 Å². The Bertz CT molecular complexity index is 733. The van der Waals surface area contributed by atoms with Crippen molar-refractivity contribution in [3.8, 4) is 0 Å². The van der Waals surface area contributed by atoms with Crippen molar-refractivity contribution in [3.63, 3.8) is 0 Å². The lowest BCUT2D eigenvalue weighted by Gasteiger charge is -2.10. The quantitative estimate of drug-likeness (QED) is 0.747. The number of nitrogens with zero attached hydrogens (tertiary/aromatic N) is 1. The number of benzene rings is 2. The molecule has 0 unspecified atom stereocenters.